The monoisotopic (exact) mass is 415 g/mol. The van der Waals surface area contributed by atoms with Crippen LogP contribution in [0.4, 0.5) is 5.95 Å². The van der Waals surface area contributed by atoms with Crippen LogP contribution in [0.25, 0.3) is 17.0 Å². The van der Waals surface area contributed by atoms with Crippen molar-refractivity contribution in [2.45, 2.75) is 6.42 Å². The van der Waals surface area contributed by atoms with Crippen LogP contribution in [0.3, 0.4) is 0 Å². The van der Waals surface area contributed by atoms with Crippen molar-refractivity contribution in [3.63, 3.8) is 0 Å². The van der Waals surface area contributed by atoms with Crippen LogP contribution >= 0.6 is 0 Å². The van der Waals surface area contributed by atoms with Gasteiger partial charge in [-0.1, -0.05) is 18.2 Å². The lowest BCUT2D eigenvalue weighted by molar-refractivity contribution is 0.224. The number of nitrogens with zero attached hydrogens (tertiary/aromatic N) is 7. The van der Waals surface area contributed by atoms with Crippen molar-refractivity contribution in [2.24, 2.45) is 0 Å². The minimum atomic E-state index is 0.616. The highest BCUT2D eigenvalue weighted by Crippen LogP contribution is 2.20. The number of hydrogen-bond donors (Lipinski definition) is 0. The zero-order valence-corrected chi connectivity index (χ0v) is 17.3. The molecule has 31 heavy (non-hydrogen) atoms. The second-order valence-corrected chi connectivity index (χ2v) is 7.53. The van der Waals surface area contributed by atoms with Crippen LogP contribution in [-0.4, -0.2) is 68.8 Å². The minimum absolute atomic E-state index is 0.616. The van der Waals surface area contributed by atoms with Gasteiger partial charge >= 0.3 is 0 Å². The summed E-state index contributed by atoms with van der Waals surface area (Å²) < 4.78 is 7.62. The van der Waals surface area contributed by atoms with Gasteiger partial charge in [-0.25, -0.2) is 4.98 Å². The van der Waals surface area contributed by atoms with Crippen LogP contribution < -0.4 is 9.64 Å². The summed E-state index contributed by atoms with van der Waals surface area (Å²) in [4.78, 5) is 17.9. The highest BCUT2D eigenvalue weighted by atomic mass is 16.5. The molecule has 0 amide bonds. The standard InChI is InChI=1S/C23H25N7O/c1-2-5-20(6-3-1)31-18-4-13-28-14-16-29(17-15-28)23-26-22-25-12-9-21(30(22)27-23)19-7-10-24-11-8-19/h1-3,5-12H,4,13-18H2. The van der Waals surface area contributed by atoms with Crippen molar-refractivity contribution < 1.29 is 4.74 Å². The van der Waals surface area contributed by atoms with Gasteiger partial charge in [-0.15, -0.1) is 5.10 Å². The Balaban J connectivity index is 1.17. The van der Waals surface area contributed by atoms with E-state index in [0.717, 1.165) is 68.7 Å². The summed E-state index contributed by atoms with van der Waals surface area (Å²) >= 11 is 0. The third-order valence-electron chi connectivity index (χ3n) is 5.49. The van der Waals surface area contributed by atoms with Gasteiger partial charge in [0, 0.05) is 56.9 Å². The van der Waals surface area contributed by atoms with Crippen LogP contribution in [0.15, 0.2) is 67.1 Å². The molecule has 0 aliphatic carbocycles. The highest BCUT2D eigenvalue weighted by molar-refractivity contribution is 5.61. The average Bonchev–Trinajstić information content (AvgIpc) is 3.28. The number of anilines is 1. The van der Waals surface area contributed by atoms with Gasteiger partial charge in [0.1, 0.15) is 5.75 Å². The van der Waals surface area contributed by atoms with Crippen LogP contribution in [-0.2, 0) is 0 Å². The third-order valence-corrected chi connectivity index (χ3v) is 5.49. The maximum atomic E-state index is 5.80. The summed E-state index contributed by atoms with van der Waals surface area (Å²) in [5, 5.41) is 4.76. The van der Waals surface area contributed by atoms with Gasteiger partial charge < -0.3 is 9.64 Å². The SMILES string of the molecule is c1ccc(OCCCN2CCN(c3nc4nccc(-c5ccncc5)n4n3)CC2)cc1. The number of benzene rings is 1. The highest BCUT2D eigenvalue weighted by Gasteiger charge is 2.21. The van der Waals surface area contributed by atoms with E-state index in [2.05, 4.69) is 24.8 Å². The number of para-hydroxylation sites is 1. The Morgan fingerprint density at radius 2 is 1.68 bits per heavy atom. The Bertz CT molecular complexity index is 1110. The lowest BCUT2D eigenvalue weighted by Crippen LogP contribution is -2.47. The van der Waals surface area contributed by atoms with Crippen LogP contribution in [0.5, 0.6) is 5.75 Å². The minimum Gasteiger partial charge on any atom is -0.494 e. The lowest BCUT2D eigenvalue weighted by atomic mass is 10.2. The smallest absolute Gasteiger partial charge is 0.254 e. The molecule has 4 heterocycles. The second kappa shape index (κ2) is 9.09. The van der Waals surface area contributed by atoms with E-state index in [1.165, 1.54) is 0 Å². The topological polar surface area (TPSA) is 71.7 Å². The second-order valence-electron chi connectivity index (χ2n) is 7.53. The third kappa shape index (κ3) is 4.49. The maximum absolute atomic E-state index is 5.80. The lowest BCUT2D eigenvalue weighted by Gasteiger charge is -2.33. The van der Waals surface area contributed by atoms with Gasteiger partial charge in [0.25, 0.3) is 5.78 Å². The van der Waals surface area contributed by atoms with E-state index in [4.69, 9.17) is 9.84 Å². The van der Waals surface area contributed by atoms with E-state index in [-0.39, 0.29) is 0 Å². The molecular weight excluding hydrogens is 390 g/mol. The van der Waals surface area contributed by atoms with Crippen LogP contribution in [0, 0.1) is 0 Å². The molecular formula is C23H25N7O. The van der Waals surface area contributed by atoms with Crippen molar-refractivity contribution in [2.75, 3.05) is 44.2 Å². The predicted molar refractivity (Wildman–Crippen MR) is 119 cm³/mol. The van der Waals surface area contributed by atoms with E-state index < -0.39 is 0 Å². The number of pyridine rings is 1. The van der Waals surface area contributed by atoms with Crippen LogP contribution in [0.2, 0.25) is 0 Å². The quantitative estimate of drug-likeness (QED) is 0.430. The molecule has 3 aromatic heterocycles. The van der Waals surface area contributed by atoms with Crippen molar-refractivity contribution in [1.29, 1.82) is 0 Å². The molecule has 0 radical (unpaired) electrons. The first kappa shape index (κ1) is 19.4. The molecule has 0 spiro atoms. The Morgan fingerprint density at radius 3 is 2.48 bits per heavy atom. The number of fused-ring (bicyclic) bond motifs is 1. The fourth-order valence-corrected chi connectivity index (χ4v) is 3.83. The molecule has 0 N–H and O–H groups in total. The Kier molecular flexibility index (Phi) is 5.70. The molecule has 0 saturated carbocycles. The molecule has 158 valence electrons. The number of ether oxygens (including phenoxy) is 1. The molecule has 5 rings (SSSR count). The maximum Gasteiger partial charge on any atom is 0.254 e. The molecule has 8 nitrogen and oxygen atoms in total. The van der Waals surface area contributed by atoms with Crippen molar-refractivity contribution in [1.82, 2.24) is 29.5 Å². The molecule has 8 heteroatoms. The predicted octanol–water partition coefficient (Wildman–Crippen LogP) is 2.78. The summed E-state index contributed by atoms with van der Waals surface area (Å²) in [6.07, 6.45) is 6.35. The van der Waals surface area contributed by atoms with Crippen LogP contribution in [0.1, 0.15) is 6.42 Å². The first-order valence-corrected chi connectivity index (χ1v) is 10.6. The largest absolute Gasteiger partial charge is 0.494 e. The molecule has 1 aromatic carbocycles. The number of rotatable bonds is 7. The van der Waals surface area contributed by atoms with E-state index in [9.17, 15) is 0 Å². The number of aromatic nitrogens is 5. The van der Waals surface area contributed by atoms with E-state index in [1.807, 2.05) is 53.0 Å². The van der Waals surface area contributed by atoms with E-state index >= 15 is 0 Å². The summed E-state index contributed by atoms with van der Waals surface area (Å²) in [6.45, 7) is 5.56. The van der Waals surface area contributed by atoms with Gasteiger partial charge in [-0.3, -0.25) is 9.88 Å². The molecule has 1 aliphatic heterocycles. The normalized spacial score (nSPS) is 14.8. The summed E-state index contributed by atoms with van der Waals surface area (Å²) in [5.41, 5.74) is 2.00. The molecule has 1 saturated heterocycles. The van der Waals surface area contributed by atoms with E-state index in [1.54, 1.807) is 18.6 Å². The summed E-state index contributed by atoms with van der Waals surface area (Å²) in [7, 11) is 0. The molecule has 4 aromatic rings. The van der Waals surface area contributed by atoms with Gasteiger partial charge in [0.2, 0.25) is 5.95 Å². The number of hydrogen-bond acceptors (Lipinski definition) is 7. The fraction of sp³-hybridized carbons (Fsp3) is 0.304. The molecule has 1 fully saturated rings. The Morgan fingerprint density at radius 1 is 0.871 bits per heavy atom. The average molecular weight is 416 g/mol. The first-order valence-electron chi connectivity index (χ1n) is 10.6. The van der Waals surface area contributed by atoms with Gasteiger partial charge in [0.15, 0.2) is 0 Å². The Labute approximate surface area is 181 Å². The van der Waals surface area contributed by atoms with E-state index in [0.29, 0.717) is 5.78 Å². The zero-order chi connectivity index (χ0) is 20.9. The summed E-state index contributed by atoms with van der Waals surface area (Å²) in [5.74, 6) is 2.29. The van der Waals surface area contributed by atoms with Gasteiger partial charge in [-0.05, 0) is 36.8 Å². The van der Waals surface area contributed by atoms with Gasteiger partial charge in [-0.2, -0.15) is 9.50 Å². The molecule has 0 bridgehead atoms. The Hall–Kier alpha value is -3.52. The van der Waals surface area contributed by atoms with Crippen molar-refractivity contribution in [3.05, 3.63) is 67.1 Å². The number of piperazine rings is 1. The zero-order valence-electron chi connectivity index (χ0n) is 17.3. The van der Waals surface area contributed by atoms with Crippen molar-refractivity contribution in [3.8, 4) is 17.0 Å². The van der Waals surface area contributed by atoms with Crippen molar-refractivity contribution >= 4 is 11.7 Å². The summed E-state index contributed by atoms with van der Waals surface area (Å²) in [6, 6.07) is 15.9. The fourth-order valence-electron chi connectivity index (χ4n) is 3.83. The molecule has 0 atom stereocenters. The van der Waals surface area contributed by atoms with Gasteiger partial charge in [0.05, 0.1) is 12.3 Å². The first-order chi connectivity index (χ1) is 15.4. The molecule has 0 unspecified atom stereocenters. The molecule has 1 aliphatic rings.